The van der Waals surface area contributed by atoms with Crippen molar-refractivity contribution < 1.29 is 0 Å². The van der Waals surface area contributed by atoms with Crippen molar-refractivity contribution >= 4 is 23.5 Å². The maximum atomic E-state index is 5.75. The van der Waals surface area contributed by atoms with Gasteiger partial charge in [-0.2, -0.15) is 23.5 Å². The van der Waals surface area contributed by atoms with E-state index in [1.165, 1.54) is 33.9 Å². The maximum absolute atomic E-state index is 5.75. The number of benzene rings is 1. The smallest absolute Gasteiger partial charge is 0.0586 e. The Morgan fingerprint density at radius 3 is 2.71 bits per heavy atom. The Morgan fingerprint density at radius 2 is 2.12 bits per heavy atom. The summed E-state index contributed by atoms with van der Waals surface area (Å²) in [6.07, 6.45) is 0. The fourth-order valence-electron chi connectivity index (χ4n) is 2.07. The highest BCUT2D eigenvalue weighted by Crippen LogP contribution is 2.33. The van der Waals surface area contributed by atoms with Crippen LogP contribution in [0.5, 0.6) is 0 Å². The fraction of sp³-hybridized carbons (Fsp3) is 0.538. The minimum atomic E-state index is 0.270. The zero-order valence-corrected chi connectivity index (χ0v) is 12.0. The van der Waals surface area contributed by atoms with Crippen molar-refractivity contribution in [2.75, 3.05) is 17.3 Å². The van der Waals surface area contributed by atoms with Gasteiger partial charge < -0.3 is 0 Å². The molecule has 0 spiro atoms. The van der Waals surface area contributed by atoms with Gasteiger partial charge in [-0.05, 0) is 30.5 Å². The molecule has 2 unspecified atom stereocenters. The molecule has 0 bridgehead atoms. The average molecular weight is 268 g/mol. The molecule has 2 rings (SSSR count). The van der Waals surface area contributed by atoms with E-state index in [1.54, 1.807) is 0 Å². The minimum Gasteiger partial charge on any atom is -0.271 e. The zero-order valence-electron chi connectivity index (χ0n) is 10.4. The summed E-state index contributed by atoms with van der Waals surface area (Å²) in [5, 5.41) is 0.584. The molecule has 1 aliphatic heterocycles. The van der Waals surface area contributed by atoms with Crippen LogP contribution in [-0.2, 0) is 0 Å². The third-order valence-electron chi connectivity index (χ3n) is 3.28. The van der Waals surface area contributed by atoms with Crippen LogP contribution in [0.3, 0.4) is 0 Å². The maximum Gasteiger partial charge on any atom is 0.0586 e. The summed E-state index contributed by atoms with van der Waals surface area (Å²) in [4.78, 5) is 0. The number of hydrogen-bond acceptors (Lipinski definition) is 4. The Labute approximate surface area is 112 Å². The molecule has 0 aromatic heterocycles. The van der Waals surface area contributed by atoms with Gasteiger partial charge in [0.05, 0.1) is 6.04 Å². The predicted molar refractivity (Wildman–Crippen MR) is 79.6 cm³/mol. The van der Waals surface area contributed by atoms with E-state index >= 15 is 0 Å². The van der Waals surface area contributed by atoms with Crippen molar-refractivity contribution in [1.82, 2.24) is 5.43 Å². The molecule has 94 valence electrons. The van der Waals surface area contributed by atoms with Crippen LogP contribution in [0.25, 0.3) is 0 Å². The van der Waals surface area contributed by atoms with Crippen LogP contribution in [0.15, 0.2) is 18.2 Å². The van der Waals surface area contributed by atoms with Gasteiger partial charge in [-0.25, -0.2) is 0 Å². The highest BCUT2D eigenvalue weighted by molar-refractivity contribution is 8.06. The summed E-state index contributed by atoms with van der Waals surface area (Å²) in [7, 11) is 0. The van der Waals surface area contributed by atoms with Gasteiger partial charge in [-0.15, -0.1) is 0 Å². The number of rotatable bonds is 3. The van der Waals surface area contributed by atoms with E-state index in [2.05, 4.69) is 37.5 Å². The summed E-state index contributed by atoms with van der Waals surface area (Å²) < 4.78 is 0. The number of hydrogen-bond donors (Lipinski definition) is 2. The van der Waals surface area contributed by atoms with Crippen LogP contribution in [0.2, 0.25) is 0 Å². The van der Waals surface area contributed by atoms with E-state index in [9.17, 15) is 0 Å². The lowest BCUT2D eigenvalue weighted by molar-refractivity contribution is 0.552. The molecule has 2 nitrogen and oxygen atoms in total. The summed E-state index contributed by atoms with van der Waals surface area (Å²) in [6.45, 7) is 4.31. The van der Waals surface area contributed by atoms with Crippen molar-refractivity contribution in [1.29, 1.82) is 0 Å². The van der Waals surface area contributed by atoms with Crippen molar-refractivity contribution in [2.45, 2.75) is 25.1 Å². The Bertz CT molecular complexity index is 376. The van der Waals surface area contributed by atoms with Crippen LogP contribution in [0, 0.1) is 13.8 Å². The molecule has 0 amide bonds. The zero-order chi connectivity index (χ0) is 12.3. The first kappa shape index (κ1) is 13.3. The Morgan fingerprint density at radius 1 is 1.29 bits per heavy atom. The van der Waals surface area contributed by atoms with E-state index in [-0.39, 0.29) is 6.04 Å². The molecule has 1 aromatic rings. The quantitative estimate of drug-likeness (QED) is 0.653. The van der Waals surface area contributed by atoms with Crippen LogP contribution in [0.4, 0.5) is 0 Å². The van der Waals surface area contributed by atoms with Crippen LogP contribution in [0.1, 0.15) is 22.7 Å². The molecule has 1 fully saturated rings. The van der Waals surface area contributed by atoms with Gasteiger partial charge in [-0.1, -0.05) is 18.2 Å². The van der Waals surface area contributed by atoms with E-state index in [0.29, 0.717) is 5.25 Å². The second-order valence-corrected chi connectivity index (χ2v) is 6.97. The van der Waals surface area contributed by atoms with Crippen molar-refractivity contribution in [3.05, 3.63) is 34.9 Å². The van der Waals surface area contributed by atoms with Gasteiger partial charge in [0.1, 0.15) is 0 Å². The van der Waals surface area contributed by atoms with Crippen LogP contribution in [-0.4, -0.2) is 22.5 Å². The van der Waals surface area contributed by atoms with E-state index < -0.39 is 0 Å². The molecule has 0 aliphatic carbocycles. The van der Waals surface area contributed by atoms with E-state index in [4.69, 9.17) is 5.84 Å². The van der Waals surface area contributed by atoms with E-state index in [0.717, 1.165) is 0 Å². The molecule has 0 saturated carbocycles. The van der Waals surface area contributed by atoms with Gasteiger partial charge in [-0.3, -0.25) is 11.3 Å². The molecule has 0 radical (unpaired) electrons. The Kier molecular flexibility index (Phi) is 4.79. The van der Waals surface area contributed by atoms with Crippen LogP contribution >= 0.6 is 23.5 Å². The second kappa shape index (κ2) is 6.14. The second-order valence-electron chi connectivity index (χ2n) is 4.47. The molecule has 2 atom stereocenters. The Hall–Kier alpha value is -0.160. The number of aryl methyl sites for hydroxylation is 2. The van der Waals surface area contributed by atoms with Gasteiger partial charge in [0, 0.05) is 22.5 Å². The molecule has 3 N–H and O–H groups in total. The number of thioether (sulfide) groups is 2. The Balaban J connectivity index is 2.18. The van der Waals surface area contributed by atoms with Gasteiger partial charge in [0.25, 0.3) is 0 Å². The van der Waals surface area contributed by atoms with E-state index in [1.807, 2.05) is 23.5 Å². The van der Waals surface area contributed by atoms with Crippen molar-refractivity contribution in [2.24, 2.45) is 5.84 Å². The molecule has 1 aliphatic rings. The largest absolute Gasteiger partial charge is 0.271 e. The van der Waals surface area contributed by atoms with Gasteiger partial charge >= 0.3 is 0 Å². The first-order chi connectivity index (χ1) is 8.22. The monoisotopic (exact) mass is 268 g/mol. The van der Waals surface area contributed by atoms with Crippen LogP contribution < -0.4 is 11.3 Å². The SMILES string of the molecule is Cc1ccc(C(NN)C2CSCCS2)cc1C. The topological polar surface area (TPSA) is 38.0 Å². The third-order valence-corrected chi connectivity index (χ3v) is 6.15. The number of nitrogens with one attached hydrogen (secondary N) is 1. The lowest BCUT2D eigenvalue weighted by Gasteiger charge is -2.29. The molecule has 17 heavy (non-hydrogen) atoms. The molecular formula is C13H20N2S2. The standard InChI is InChI=1S/C13H20N2S2/c1-9-3-4-11(7-10(9)2)13(15-14)12-8-16-5-6-17-12/h3-4,7,12-13,15H,5-6,8,14H2,1-2H3. The summed E-state index contributed by atoms with van der Waals surface area (Å²) in [6, 6.07) is 6.93. The third kappa shape index (κ3) is 3.19. The lowest BCUT2D eigenvalue weighted by atomic mass is 9.99. The first-order valence-corrected chi connectivity index (χ1v) is 8.15. The summed E-state index contributed by atoms with van der Waals surface area (Å²) in [5.41, 5.74) is 7.00. The van der Waals surface area contributed by atoms with Crippen molar-refractivity contribution in [3.8, 4) is 0 Å². The highest BCUT2D eigenvalue weighted by Gasteiger charge is 2.25. The van der Waals surface area contributed by atoms with Crippen molar-refractivity contribution in [3.63, 3.8) is 0 Å². The van der Waals surface area contributed by atoms with Gasteiger partial charge in [0.15, 0.2) is 0 Å². The molecule has 4 heteroatoms. The van der Waals surface area contributed by atoms with Gasteiger partial charge in [0.2, 0.25) is 0 Å². The number of hydrazine groups is 1. The summed E-state index contributed by atoms with van der Waals surface area (Å²) >= 11 is 4.07. The normalized spacial score (nSPS) is 22.4. The predicted octanol–water partition coefficient (Wildman–Crippen LogP) is 2.66. The minimum absolute atomic E-state index is 0.270. The molecule has 1 aromatic carbocycles. The molecule has 1 saturated heterocycles. The molecular weight excluding hydrogens is 248 g/mol. The molecule has 1 heterocycles. The highest BCUT2D eigenvalue weighted by atomic mass is 32.2. The number of nitrogens with two attached hydrogens (primary N) is 1. The summed E-state index contributed by atoms with van der Waals surface area (Å²) in [5.74, 6) is 9.44. The lowest BCUT2D eigenvalue weighted by Crippen LogP contribution is -2.37. The average Bonchev–Trinajstić information content (AvgIpc) is 2.36. The first-order valence-electron chi connectivity index (χ1n) is 5.95. The fourth-order valence-corrected chi connectivity index (χ4v) is 4.93.